The van der Waals surface area contributed by atoms with Gasteiger partial charge in [-0.25, -0.2) is 0 Å². The molecule has 1 aliphatic heterocycles. The van der Waals surface area contributed by atoms with Crippen molar-refractivity contribution >= 4 is 41.8 Å². The van der Waals surface area contributed by atoms with Crippen molar-refractivity contribution in [2.75, 3.05) is 26.2 Å². The van der Waals surface area contributed by atoms with E-state index in [1.54, 1.807) is 0 Å². The first kappa shape index (κ1) is 24.2. The maximum atomic E-state index is 12.6. The summed E-state index contributed by atoms with van der Waals surface area (Å²) in [6.07, 6.45) is 10.5. The first-order valence-electron chi connectivity index (χ1n) is 11.3. The van der Waals surface area contributed by atoms with Crippen molar-refractivity contribution in [2.45, 2.75) is 83.2 Å². The van der Waals surface area contributed by atoms with E-state index in [0.29, 0.717) is 24.9 Å². The second-order valence-electron chi connectivity index (χ2n) is 8.46. The molecule has 1 atom stereocenters. The number of rotatable bonds is 7. The van der Waals surface area contributed by atoms with Gasteiger partial charge in [-0.1, -0.05) is 25.7 Å². The van der Waals surface area contributed by atoms with Crippen LogP contribution < -0.4 is 16.0 Å². The van der Waals surface area contributed by atoms with Crippen LogP contribution in [0.4, 0.5) is 0 Å². The first-order chi connectivity index (χ1) is 13.7. The second kappa shape index (κ2) is 12.6. The summed E-state index contributed by atoms with van der Waals surface area (Å²) in [4.78, 5) is 31.3. The Kier molecular flexibility index (Phi) is 10.5. The van der Waals surface area contributed by atoms with E-state index in [2.05, 4.69) is 20.9 Å². The third-order valence-electron chi connectivity index (χ3n) is 6.22. The van der Waals surface area contributed by atoms with Crippen LogP contribution in [0.15, 0.2) is 4.99 Å². The molecule has 8 heteroatoms. The zero-order chi connectivity index (χ0) is 19.8. The normalized spacial score (nSPS) is 23.1. The second-order valence-corrected chi connectivity index (χ2v) is 8.46. The molecule has 0 spiro atoms. The van der Waals surface area contributed by atoms with Gasteiger partial charge in [0.05, 0.1) is 6.54 Å². The number of nitrogens with zero attached hydrogens (tertiary/aromatic N) is 2. The van der Waals surface area contributed by atoms with Crippen LogP contribution in [0.25, 0.3) is 0 Å². The molecular formula is C21H38IN5O2. The predicted octanol–water partition coefficient (Wildman–Crippen LogP) is 2.40. The van der Waals surface area contributed by atoms with Crippen molar-refractivity contribution in [3.63, 3.8) is 0 Å². The molecule has 7 nitrogen and oxygen atoms in total. The Morgan fingerprint density at radius 1 is 0.966 bits per heavy atom. The number of guanidine groups is 1. The van der Waals surface area contributed by atoms with Crippen LogP contribution >= 0.6 is 24.0 Å². The molecule has 3 rings (SSSR count). The van der Waals surface area contributed by atoms with E-state index >= 15 is 0 Å². The lowest BCUT2D eigenvalue weighted by Crippen LogP contribution is -2.45. The molecule has 3 fully saturated rings. The summed E-state index contributed by atoms with van der Waals surface area (Å²) in [7, 11) is 0. The molecule has 2 aliphatic carbocycles. The summed E-state index contributed by atoms with van der Waals surface area (Å²) < 4.78 is 0. The number of hydrogen-bond donors (Lipinski definition) is 3. The van der Waals surface area contributed by atoms with Gasteiger partial charge in [0.2, 0.25) is 11.8 Å². The number of halogens is 1. The summed E-state index contributed by atoms with van der Waals surface area (Å²) in [5.74, 6) is 1.43. The largest absolute Gasteiger partial charge is 0.357 e. The van der Waals surface area contributed by atoms with E-state index in [4.69, 9.17) is 0 Å². The number of likely N-dealkylation sites (tertiary alicyclic amines) is 1. The van der Waals surface area contributed by atoms with Crippen LogP contribution in [0.2, 0.25) is 0 Å². The van der Waals surface area contributed by atoms with Crippen molar-refractivity contribution in [3.05, 3.63) is 0 Å². The highest BCUT2D eigenvalue weighted by atomic mass is 127. The van der Waals surface area contributed by atoms with E-state index in [9.17, 15) is 9.59 Å². The number of carbonyl (C=O) groups is 2. The Labute approximate surface area is 192 Å². The van der Waals surface area contributed by atoms with Gasteiger partial charge < -0.3 is 20.9 Å². The van der Waals surface area contributed by atoms with Gasteiger partial charge in [0, 0.05) is 44.1 Å². The first-order valence-corrected chi connectivity index (χ1v) is 11.3. The van der Waals surface area contributed by atoms with Crippen molar-refractivity contribution < 1.29 is 9.59 Å². The highest BCUT2D eigenvalue weighted by Gasteiger charge is 2.32. The summed E-state index contributed by atoms with van der Waals surface area (Å²) in [5, 5.41) is 9.82. The maximum Gasteiger partial charge on any atom is 0.225 e. The fraction of sp³-hybridized carbons (Fsp3) is 0.857. The molecule has 0 radical (unpaired) electrons. The highest BCUT2D eigenvalue weighted by molar-refractivity contribution is 14.0. The summed E-state index contributed by atoms with van der Waals surface area (Å²) in [6, 6.07) is 0.597. The average Bonchev–Trinajstić information content (AvgIpc) is 3.44. The lowest BCUT2D eigenvalue weighted by Gasteiger charge is -2.21. The fourth-order valence-corrected chi connectivity index (χ4v) is 4.66. The van der Waals surface area contributed by atoms with Crippen LogP contribution in [-0.2, 0) is 9.59 Å². The molecule has 2 amide bonds. The number of carbonyl (C=O) groups excluding carboxylic acids is 2. The minimum absolute atomic E-state index is 0. The average molecular weight is 519 g/mol. The summed E-state index contributed by atoms with van der Waals surface area (Å²) in [5.41, 5.74) is 0. The van der Waals surface area contributed by atoms with Crippen molar-refractivity contribution in [1.29, 1.82) is 0 Å². The monoisotopic (exact) mass is 519 g/mol. The number of aliphatic imine (C=N–C) groups is 1. The maximum absolute atomic E-state index is 12.6. The lowest BCUT2D eigenvalue weighted by atomic mass is 10.1. The Hall–Kier alpha value is -1.06. The van der Waals surface area contributed by atoms with Crippen LogP contribution in [0.1, 0.15) is 71.1 Å². The highest BCUT2D eigenvalue weighted by Crippen LogP contribution is 2.27. The van der Waals surface area contributed by atoms with Crippen LogP contribution in [0, 0.1) is 5.92 Å². The topological polar surface area (TPSA) is 85.8 Å². The van der Waals surface area contributed by atoms with Crippen molar-refractivity contribution in [1.82, 2.24) is 20.9 Å². The smallest absolute Gasteiger partial charge is 0.225 e. The van der Waals surface area contributed by atoms with Gasteiger partial charge in [0.1, 0.15) is 0 Å². The minimum Gasteiger partial charge on any atom is -0.357 e. The minimum atomic E-state index is 0. The van der Waals surface area contributed by atoms with Gasteiger partial charge in [0.25, 0.3) is 0 Å². The Morgan fingerprint density at radius 2 is 1.66 bits per heavy atom. The number of hydrogen-bond acceptors (Lipinski definition) is 3. The van der Waals surface area contributed by atoms with E-state index in [0.717, 1.165) is 57.7 Å². The Balaban J connectivity index is 0.00000300. The molecule has 2 saturated carbocycles. The molecule has 1 saturated heterocycles. The lowest BCUT2D eigenvalue weighted by molar-refractivity contribution is -0.134. The zero-order valence-electron chi connectivity index (χ0n) is 17.8. The van der Waals surface area contributed by atoms with Gasteiger partial charge >= 0.3 is 0 Å². The standard InChI is InChI=1S/C21H37N5O2.HI/c1-2-22-21(23-13-11-19(27)24-17-9-5-6-10-17)25-18-12-14-26(15-18)20(28)16-7-3-4-8-16;/h16-18H,2-15H2,1H3,(H,24,27)(H2,22,23,25);1H. The van der Waals surface area contributed by atoms with Crippen molar-refractivity contribution in [2.24, 2.45) is 10.9 Å². The summed E-state index contributed by atoms with van der Waals surface area (Å²) in [6.45, 7) is 4.87. The summed E-state index contributed by atoms with van der Waals surface area (Å²) >= 11 is 0. The molecule has 0 aromatic heterocycles. The molecule has 29 heavy (non-hydrogen) atoms. The Bertz CT molecular complexity index is 559. The fourth-order valence-electron chi connectivity index (χ4n) is 4.66. The number of amides is 2. The van der Waals surface area contributed by atoms with Gasteiger partial charge in [0.15, 0.2) is 5.96 Å². The molecule has 166 valence electrons. The van der Waals surface area contributed by atoms with E-state index in [1.807, 2.05) is 11.8 Å². The van der Waals surface area contributed by atoms with Crippen LogP contribution in [0.5, 0.6) is 0 Å². The third-order valence-corrected chi connectivity index (χ3v) is 6.22. The number of nitrogens with one attached hydrogen (secondary N) is 3. The molecule has 0 aromatic carbocycles. The molecule has 3 N–H and O–H groups in total. The molecule has 1 unspecified atom stereocenters. The SMILES string of the molecule is CCNC(=NCCC(=O)NC1CCCC1)NC1CCN(C(=O)C2CCCC2)C1.I. The molecule has 0 bridgehead atoms. The quantitative estimate of drug-likeness (QED) is 0.274. The van der Waals surface area contributed by atoms with Crippen LogP contribution in [0.3, 0.4) is 0 Å². The molecule has 1 heterocycles. The molecular weight excluding hydrogens is 481 g/mol. The van der Waals surface area contributed by atoms with Gasteiger partial charge in [-0.05, 0) is 39.0 Å². The third kappa shape index (κ3) is 7.61. The molecule has 3 aliphatic rings. The van der Waals surface area contributed by atoms with Gasteiger partial charge in [-0.15, -0.1) is 24.0 Å². The van der Waals surface area contributed by atoms with Crippen molar-refractivity contribution in [3.8, 4) is 0 Å². The van der Waals surface area contributed by atoms with E-state index < -0.39 is 0 Å². The van der Waals surface area contributed by atoms with Gasteiger partial charge in [-0.2, -0.15) is 0 Å². The Morgan fingerprint density at radius 3 is 2.34 bits per heavy atom. The van der Waals surface area contributed by atoms with E-state index in [1.165, 1.54) is 25.7 Å². The molecule has 0 aromatic rings. The zero-order valence-corrected chi connectivity index (χ0v) is 20.1. The predicted molar refractivity (Wildman–Crippen MR) is 126 cm³/mol. The van der Waals surface area contributed by atoms with Crippen LogP contribution in [-0.4, -0.2) is 60.9 Å². The van der Waals surface area contributed by atoms with E-state index in [-0.39, 0.29) is 41.8 Å². The van der Waals surface area contributed by atoms with Gasteiger partial charge in [-0.3, -0.25) is 14.6 Å².